The highest BCUT2D eigenvalue weighted by molar-refractivity contribution is 9.10. The minimum atomic E-state index is -0.230. The van der Waals surface area contributed by atoms with E-state index in [1.165, 1.54) is 12.4 Å². The van der Waals surface area contributed by atoms with Crippen molar-refractivity contribution in [1.29, 1.82) is 0 Å². The van der Waals surface area contributed by atoms with Crippen molar-refractivity contribution >= 4 is 27.5 Å². The van der Waals surface area contributed by atoms with E-state index in [0.717, 1.165) is 0 Å². The molecule has 0 aliphatic carbocycles. The number of carbonyl (C=O) groups excluding carboxylic acids is 1. The van der Waals surface area contributed by atoms with Crippen molar-refractivity contribution in [2.45, 2.75) is 0 Å². The van der Waals surface area contributed by atoms with Gasteiger partial charge in [-0.05, 0) is 28.1 Å². The summed E-state index contributed by atoms with van der Waals surface area (Å²) in [7, 11) is 1.61. The van der Waals surface area contributed by atoms with E-state index in [2.05, 4.69) is 36.2 Å². The van der Waals surface area contributed by atoms with Gasteiger partial charge in [-0.2, -0.15) is 0 Å². The van der Waals surface area contributed by atoms with Crippen LogP contribution in [0.4, 0.5) is 5.82 Å². The number of aromatic nitrogens is 3. The van der Waals surface area contributed by atoms with Crippen LogP contribution in [0.5, 0.6) is 0 Å². The summed E-state index contributed by atoms with van der Waals surface area (Å²) in [6.45, 7) is 1.05. The fourth-order valence-electron chi connectivity index (χ4n) is 1.56. The molecule has 0 aromatic carbocycles. The van der Waals surface area contributed by atoms with Gasteiger partial charge in [-0.1, -0.05) is 0 Å². The van der Waals surface area contributed by atoms with Gasteiger partial charge in [0.15, 0.2) is 11.5 Å². The van der Waals surface area contributed by atoms with E-state index in [4.69, 9.17) is 4.74 Å². The molecule has 2 heterocycles. The van der Waals surface area contributed by atoms with Gasteiger partial charge in [0.2, 0.25) is 5.78 Å². The van der Waals surface area contributed by atoms with E-state index in [-0.39, 0.29) is 11.5 Å². The highest BCUT2D eigenvalue weighted by Crippen LogP contribution is 2.17. The molecule has 2 rings (SSSR count). The molecule has 0 atom stereocenters. The Balaban J connectivity index is 2.29. The number of pyridine rings is 1. The molecule has 0 spiro atoms. The molecule has 0 unspecified atom stereocenters. The third-order valence-corrected chi connectivity index (χ3v) is 2.86. The monoisotopic (exact) mass is 336 g/mol. The highest BCUT2D eigenvalue weighted by atomic mass is 79.9. The first-order chi connectivity index (χ1) is 9.72. The predicted octanol–water partition coefficient (Wildman–Crippen LogP) is 1.92. The standard InChI is InChI=1S/C13H13BrN4O2/c1-20-6-5-16-13-11(18-10(14)8-17-13)12(19)9-3-2-4-15-7-9/h2-4,7-8H,5-6H2,1H3,(H,16,17). The van der Waals surface area contributed by atoms with Crippen LogP contribution < -0.4 is 5.32 Å². The van der Waals surface area contributed by atoms with E-state index >= 15 is 0 Å². The van der Waals surface area contributed by atoms with Crippen LogP contribution in [0.15, 0.2) is 35.3 Å². The second kappa shape index (κ2) is 7.06. The van der Waals surface area contributed by atoms with Crippen molar-refractivity contribution in [2.24, 2.45) is 0 Å². The second-order valence-corrected chi connectivity index (χ2v) is 4.69. The first-order valence-electron chi connectivity index (χ1n) is 5.92. The van der Waals surface area contributed by atoms with Gasteiger partial charge >= 0.3 is 0 Å². The first kappa shape index (κ1) is 14.5. The fraction of sp³-hybridized carbons (Fsp3) is 0.231. The molecule has 0 aliphatic rings. The Bertz CT molecular complexity index is 592. The van der Waals surface area contributed by atoms with Gasteiger partial charge < -0.3 is 10.1 Å². The second-order valence-electron chi connectivity index (χ2n) is 3.88. The van der Waals surface area contributed by atoms with Crippen LogP contribution in [0.2, 0.25) is 0 Å². The maximum atomic E-state index is 12.4. The summed E-state index contributed by atoms with van der Waals surface area (Å²) in [4.78, 5) is 24.7. The number of anilines is 1. The zero-order valence-corrected chi connectivity index (χ0v) is 12.4. The number of hydrogen-bond donors (Lipinski definition) is 1. The molecule has 0 amide bonds. The molecule has 2 aromatic heterocycles. The Kier molecular flexibility index (Phi) is 5.14. The van der Waals surface area contributed by atoms with Gasteiger partial charge in [-0.3, -0.25) is 9.78 Å². The molecule has 2 aromatic rings. The summed E-state index contributed by atoms with van der Waals surface area (Å²) < 4.78 is 5.46. The van der Waals surface area contributed by atoms with Gasteiger partial charge in [0.25, 0.3) is 0 Å². The highest BCUT2D eigenvalue weighted by Gasteiger charge is 2.17. The van der Waals surface area contributed by atoms with Crippen LogP contribution in [0.1, 0.15) is 16.1 Å². The number of carbonyl (C=O) groups is 1. The van der Waals surface area contributed by atoms with Crippen LogP contribution >= 0.6 is 15.9 Å². The van der Waals surface area contributed by atoms with Gasteiger partial charge in [0.1, 0.15) is 4.60 Å². The Morgan fingerprint density at radius 2 is 2.30 bits per heavy atom. The maximum absolute atomic E-state index is 12.4. The Labute approximate surface area is 124 Å². The summed E-state index contributed by atoms with van der Waals surface area (Å²) in [5, 5.41) is 3.03. The van der Waals surface area contributed by atoms with Gasteiger partial charge in [-0.15, -0.1) is 0 Å². The largest absolute Gasteiger partial charge is 0.383 e. The van der Waals surface area contributed by atoms with Crippen molar-refractivity contribution in [3.63, 3.8) is 0 Å². The molecule has 0 radical (unpaired) electrons. The van der Waals surface area contributed by atoms with Crippen LogP contribution in [0.3, 0.4) is 0 Å². The molecule has 20 heavy (non-hydrogen) atoms. The molecule has 0 fully saturated rings. The van der Waals surface area contributed by atoms with Crippen molar-refractivity contribution < 1.29 is 9.53 Å². The van der Waals surface area contributed by atoms with E-state index in [9.17, 15) is 4.79 Å². The molecule has 0 bridgehead atoms. The third kappa shape index (κ3) is 3.58. The molecule has 1 N–H and O–H groups in total. The minimum Gasteiger partial charge on any atom is -0.383 e. The van der Waals surface area contributed by atoms with Crippen molar-refractivity contribution in [3.05, 3.63) is 46.6 Å². The lowest BCUT2D eigenvalue weighted by atomic mass is 10.1. The van der Waals surface area contributed by atoms with Gasteiger partial charge in [-0.25, -0.2) is 9.97 Å². The zero-order chi connectivity index (χ0) is 14.4. The quantitative estimate of drug-likeness (QED) is 0.641. The summed E-state index contributed by atoms with van der Waals surface area (Å²) in [6, 6.07) is 3.40. The third-order valence-electron chi connectivity index (χ3n) is 2.48. The number of nitrogens with one attached hydrogen (secondary N) is 1. The van der Waals surface area contributed by atoms with Crippen molar-refractivity contribution in [3.8, 4) is 0 Å². The number of ketones is 1. The van der Waals surface area contributed by atoms with Gasteiger partial charge in [0.05, 0.1) is 12.8 Å². The molecule has 6 nitrogen and oxygen atoms in total. The average molecular weight is 337 g/mol. The summed E-state index contributed by atoms with van der Waals surface area (Å²) in [5.41, 5.74) is 0.721. The number of ether oxygens (including phenoxy) is 1. The lowest BCUT2D eigenvalue weighted by Gasteiger charge is -2.09. The van der Waals surface area contributed by atoms with Crippen LogP contribution in [0.25, 0.3) is 0 Å². The van der Waals surface area contributed by atoms with E-state index in [1.54, 1.807) is 25.4 Å². The molecule has 0 saturated carbocycles. The summed E-state index contributed by atoms with van der Waals surface area (Å²) >= 11 is 3.23. The van der Waals surface area contributed by atoms with E-state index < -0.39 is 0 Å². The predicted molar refractivity (Wildman–Crippen MR) is 77.8 cm³/mol. The SMILES string of the molecule is COCCNc1ncc(Br)nc1C(=O)c1cccnc1. The van der Waals surface area contributed by atoms with Crippen molar-refractivity contribution in [2.75, 3.05) is 25.6 Å². The molecule has 0 saturated heterocycles. The number of halogens is 1. The molecular formula is C13H13BrN4O2. The maximum Gasteiger partial charge on any atom is 0.216 e. The van der Waals surface area contributed by atoms with E-state index in [0.29, 0.717) is 29.1 Å². The average Bonchev–Trinajstić information content (AvgIpc) is 2.49. The van der Waals surface area contributed by atoms with Crippen LogP contribution in [0, 0.1) is 0 Å². The number of methoxy groups -OCH3 is 1. The Morgan fingerprint density at radius 1 is 1.45 bits per heavy atom. The summed E-state index contributed by atoms with van der Waals surface area (Å²) in [6.07, 6.45) is 4.65. The Morgan fingerprint density at radius 3 is 3.00 bits per heavy atom. The fourth-order valence-corrected chi connectivity index (χ4v) is 1.84. The summed E-state index contributed by atoms with van der Waals surface area (Å²) in [5.74, 6) is 0.200. The lowest BCUT2D eigenvalue weighted by molar-refractivity contribution is 0.103. The van der Waals surface area contributed by atoms with Gasteiger partial charge in [0, 0.05) is 31.6 Å². The molecular weight excluding hydrogens is 324 g/mol. The Hall–Kier alpha value is -1.86. The number of hydrogen-bond acceptors (Lipinski definition) is 6. The van der Waals surface area contributed by atoms with Crippen LogP contribution in [-0.4, -0.2) is 41.0 Å². The molecule has 0 aliphatic heterocycles. The zero-order valence-electron chi connectivity index (χ0n) is 10.8. The number of rotatable bonds is 6. The lowest BCUT2D eigenvalue weighted by Crippen LogP contribution is -2.15. The van der Waals surface area contributed by atoms with E-state index in [1.807, 2.05) is 0 Å². The number of nitrogens with zero attached hydrogens (tertiary/aromatic N) is 3. The van der Waals surface area contributed by atoms with Crippen molar-refractivity contribution in [1.82, 2.24) is 15.0 Å². The van der Waals surface area contributed by atoms with Crippen LogP contribution in [-0.2, 0) is 4.74 Å². The minimum absolute atomic E-state index is 0.230. The topological polar surface area (TPSA) is 77.0 Å². The smallest absolute Gasteiger partial charge is 0.216 e. The molecule has 7 heteroatoms. The molecule has 104 valence electrons. The first-order valence-corrected chi connectivity index (χ1v) is 6.71. The normalized spacial score (nSPS) is 10.3.